The number of aryl methyl sites for hydroxylation is 1. The van der Waals surface area contributed by atoms with Gasteiger partial charge in [-0.3, -0.25) is 14.5 Å². The van der Waals surface area contributed by atoms with Crippen molar-refractivity contribution in [3.05, 3.63) is 11.8 Å². The molecule has 1 aromatic rings. The molecule has 1 amide bonds. The first kappa shape index (κ1) is 17.1. The molecular formula is C13H21N3O5. The number of ether oxygens (including phenoxy) is 2. The SMILES string of the molecule is COCCN(CCC(=O)OC)CC(=O)Nc1cc(C)on1. The predicted molar refractivity (Wildman–Crippen MR) is 74.8 cm³/mol. The van der Waals surface area contributed by atoms with Crippen LogP contribution in [-0.2, 0) is 19.1 Å². The Morgan fingerprint density at radius 3 is 2.71 bits per heavy atom. The van der Waals surface area contributed by atoms with E-state index in [2.05, 4.69) is 15.2 Å². The number of carbonyl (C=O) groups is 2. The zero-order chi connectivity index (χ0) is 15.7. The van der Waals surface area contributed by atoms with Crippen LogP contribution in [0, 0.1) is 6.92 Å². The van der Waals surface area contributed by atoms with Crippen LogP contribution in [0.3, 0.4) is 0 Å². The highest BCUT2D eigenvalue weighted by molar-refractivity contribution is 5.91. The summed E-state index contributed by atoms with van der Waals surface area (Å²) in [6.45, 7) is 3.30. The molecule has 8 nitrogen and oxygen atoms in total. The van der Waals surface area contributed by atoms with E-state index in [1.165, 1.54) is 7.11 Å². The quantitative estimate of drug-likeness (QED) is 0.661. The van der Waals surface area contributed by atoms with E-state index in [0.29, 0.717) is 31.3 Å². The van der Waals surface area contributed by atoms with Gasteiger partial charge in [0, 0.05) is 26.3 Å². The average Bonchev–Trinajstić information content (AvgIpc) is 2.86. The number of esters is 1. The van der Waals surface area contributed by atoms with E-state index in [9.17, 15) is 9.59 Å². The van der Waals surface area contributed by atoms with Crippen LogP contribution < -0.4 is 5.32 Å². The van der Waals surface area contributed by atoms with Gasteiger partial charge in [0.1, 0.15) is 5.76 Å². The number of aromatic nitrogens is 1. The summed E-state index contributed by atoms with van der Waals surface area (Å²) in [6.07, 6.45) is 0.219. The maximum absolute atomic E-state index is 11.9. The highest BCUT2D eigenvalue weighted by Crippen LogP contribution is 2.07. The summed E-state index contributed by atoms with van der Waals surface area (Å²) in [4.78, 5) is 24.9. The Morgan fingerprint density at radius 1 is 1.38 bits per heavy atom. The van der Waals surface area contributed by atoms with Crippen molar-refractivity contribution < 1.29 is 23.6 Å². The molecule has 1 rings (SSSR count). The first-order valence-corrected chi connectivity index (χ1v) is 6.56. The molecule has 0 aliphatic carbocycles. The molecule has 0 fully saturated rings. The van der Waals surface area contributed by atoms with Crippen molar-refractivity contribution in [1.82, 2.24) is 10.1 Å². The zero-order valence-corrected chi connectivity index (χ0v) is 12.5. The first-order valence-electron chi connectivity index (χ1n) is 6.56. The molecule has 0 aliphatic heterocycles. The van der Waals surface area contributed by atoms with E-state index in [0.717, 1.165) is 0 Å². The van der Waals surface area contributed by atoms with Gasteiger partial charge in [-0.25, -0.2) is 0 Å². The molecule has 0 bridgehead atoms. The molecule has 0 radical (unpaired) electrons. The molecule has 0 atom stereocenters. The maximum atomic E-state index is 11.9. The Kier molecular flexibility index (Phi) is 7.41. The molecule has 0 saturated carbocycles. The Labute approximate surface area is 123 Å². The molecule has 1 N–H and O–H groups in total. The number of methoxy groups -OCH3 is 2. The summed E-state index contributed by atoms with van der Waals surface area (Å²) in [5.74, 6) is 0.443. The number of hydrogen-bond acceptors (Lipinski definition) is 7. The van der Waals surface area contributed by atoms with E-state index in [4.69, 9.17) is 9.26 Å². The van der Waals surface area contributed by atoms with Crippen LogP contribution in [0.1, 0.15) is 12.2 Å². The summed E-state index contributed by atoms with van der Waals surface area (Å²) in [6, 6.07) is 1.63. The number of anilines is 1. The van der Waals surface area contributed by atoms with Crippen molar-refractivity contribution in [2.24, 2.45) is 0 Å². The molecule has 8 heteroatoms. The van der Waals surface area contributed by atoms with Gasteiger partial charge in [0.15, 0.2) is 5.82 Å². The van der Waals surface area contributed by atoms with Gasteiger partial charge in [0.05, 0.1) is 26.7 Å². The summed E-state index contributed by atoms with van der Waals surface area (Å²) < 4.78 is 14.4. The number of hydrogen-bond donors (Lipinski definition) is 1. The Balaban J connectivity index is 2.45. The first-order chi connectivity index (χ1) is 10.0. The summed E-state index contributed by atoms with van der Waals surface area (Å²) in [7, 11) is 2.91. The molecule has 0 saturated heterocycles. The van der Waals surface area contributed by atoms with E-state index < -0.39 is 0 Å². The van der Waals surface area contributed by atoms with Crippen molar-refractivity contribution in [3.63, 3.8) is 0 Å². The molecule has 0 spiro atoms. The topological polar surface area (TPSA) is 93.9 Å². The summed E-state index contributed by atoms with van der Waals surface area (Å²) in [5.41, 5.74) is 0. The summed E-state index contributed by atoms with van der Waals surface area (Å²) in [5, 5.41) is 6.32. The lowest BCUT2D eigenvalue weighted by Crippen LogP contribution is -2.37. The monoisotopic (exact) mass is 299 g/mol. The van der Waals surface area contributed by atoms with E-state index >= 15 is 0 Å². The molecule has 118 valence electrons. The predicted octanol–water partition coefficient (Wildman–Crippen LogP) is 0.433. The third-order valence-corrected chi connectivity index (χ3v) is 2.73. The van der Waals surface area contributed by atoms with Crippen molar-refractivity contribution >= 4 is 17.7 Å². The Morgan fingerprint density at radius 2 is 2.14 bits per heavy atom. The Bertz CT molecular complexity index is 460. The summed E-state index contributed by atoms with van der Waals surface area (Å²) >= 11 is 0. The zero-order valence-electron chi connectivity index (χ0n) is 12.5. The van der Waals surface area contributed by atoms with E-state index in [-0.39, 0.29) is 24.8 Å². The largest absolute Gasteiger partial charge is 0.469 e. The highest BCUT2D eigenvalue weighted by atomic mass is 16.5. The lowest BCUT2D eigenvalue weighted by molar-refractivity contribution is -0.141. The molecule has 1 heterocycles. The fourth-order valence-electron chi connectivity index (χ4n) is 1.65. The molecule has 0 unspecified atom stereocenters. The van der Waals surface area contributed by atoms with Crippen molar-refractivity contribution in [1.29, 1.82) is 0 Å². The van der Waals surface area contributed by atoms with Gasteiger partial charge in [-0.15, -0.1) is 0 Å². The lowest BCUT2D eigenvalue weighted by atomic mass is 10.3. The van der Waals surface area contributed by atoms with Crippen molar-refractivity contribution in [3.8, 4) is 0 Å². The molecule has 1 aromatic heterocycles. The molecule has 0 aromatic carbocycles. The maximum Gasteiger partial charge on any atom is 0.306 e. The smallest absolute Gasteiger partial charge is 0.306 e. The number of rotatable bonds is 9. The van der Waals surface area contributed by atoms with Gasteiger partial charge >= 0.3 is 5.97 Å². The van der Waals surface area contributed by atoms with Gasteiger partial charge in [-0.05, 0) is 6.92 Å². The van der Waals surface area contributed by atoms with Gasteiger partial charge in [-0.1, -0.05) is 5.16 Å². The van der Waals surface area contributed by atoms with Gasteiger partial charge < -0.3 is 19.3 Å². The van der Waals surface area contributed by atoms with Crippen LogP contribution in [0.2, 0.25) is 0 Å². The third-order valence-electron chi connectivity index (χ3n) is 2.73. The minimum atomic E-state index is -0.315. The second kappa shape index (κ2) is 9.09. The molecular weight excluding hydrogens is 278 g/mol. The molecule has 21 heavy (non-hydrogen) atoms. The molecule has 0 aliphatic rings. The fraction of sp³-hybridized carbons (Fsp3) is 0.615. The van der Waals surface area contributed by atoms with Crippen LogP contribution in [0.25, 0.3) is 0 Å². The Hall–Kier alpha value is -1.93. The van der Waals surface area contributed by atoms with Crippen LogP contribution in [0.15, 0.2) is 10.6 Å². The number of carbonyl (C=O) groups excluding carboxylic acids is 2. The van der Waals surface area contributed by atoms with Crippen LogP contribution >= 0.6 is 0 Å². The minimum Gasteiger partial charge on any atom is -0.469 e. The van der Waals surface area contributed by atoms with Crippen molar-refractivity contribution in [2.45, 2.75) is 13.3 Å². The minimum absolute atomic E-state index is 0.131. The van der Waals surface area contributed by atoms with Crippen LogP contribution in [-0.4, -0.2) is 62.4 Å². The second-order valence-electron chi connectivity index (χ2n) is 4.47. The third kappa shape index (κ3) is 6.87. The van der Waals surface area contributed by atoms with Crippen molar-refractivity contribution in [2.75, 3.05) is 45.8 Å². The van der Waals surface area contributed by atoms with Gasteiger partial charge in [0.2, 0.25) is 5.91 Å². The van der Waals surface area contributed by atoms with Gasteiger partial charge in [0.25, 0.3) is 0 Å². The number of nitrogens with one attached hydrogen (secondary N) is 1. The van der Waals surface area contributed by atoms with Gasteiger partial charge in [-0.2, -0.15) is 0 Å². The number of amides is 1. The lowest BCUT2D eigenvalue weighted by Gasteiger charge is -2.20. The fourth-order valence-corrected chi connectivity index (χ4v) is 1.65. The highest BCUT2D eigenvalue weighted by Gasteiger charge is 2.14. The van der Waals surface area contributed by atoms with E-state index in [1.54, 1.807) is 20.1 Å². The van der Waals surface area contributed by atoms with E-state index in [1.807, 2.05) is 4.90 Å². The average molecular weight is 299 g/mol. The standard InChI is InChI=1S/C13H21N3O5/c1-10-8-11(15-21-10)14-12(17)9-16(6-7-19-2)5-4-13(18)20-3/h8H,4-7,9H2,1-3H3,(H,14,15,17). The second-order valence-corrected chi connectivity index (χ2v) is 4.47. The van der Waals surface area contributed by atoms with Crippen LogP contribution in [0.4, 0.5) is 5.82 Å². The number of nitrogens with zero attached hydrogens (tertiary/aromatic N) is 2. The normalized spacial score (nSPS) is 10.7. The van der Waals surface area contributed by atoms with Crippen LogP contribution in [0.5, 0.6) is 0 Å².